The average Bonchev–Trinajstić information content (AvgIpc) is 2.49. The molecule has 20 heavy (non-hydrogen) atoms. The van der Waals surface area contributed by atoms with Gasteiger partial charge in [0, 0.05) is 16.2 Å². The maximum Gasteiger partial charge on any atom is 0.274 e. The molecule has 1 aromatic carbocycles. The van der Waals surface area contributed by atoms with Crippen molar-refractivity contribution in [1.82, 2.24) is 4.98 Å². The second-order valence-corrected chi connectivity index (χ2v) is 4.71. The van der Waals surface area contributed by atoms with E-state index in [1.165, 1.54) is 12.3 Å². The highest BCUT2D eigenvalue weighted by Crippen LogP contribution is 2.21. The third-order valence-corrected chi connectivity index (χ3v) is 3.21. The van der Waals surface area contributed by atoms with E-state index in [2.05, 4.69) is 31.4 Å². The molecule has 2 aromatic rings. The number of hydrogen-bond acceptors (Lipinski definition) is 4. The van der Waals surface area contributed by atoms with Crippen molar-refractivity contribution in [3.8, 4) is 0 Å². The van der Waals surface area contributed by atoms with Crippen LogP contribution in [0.2, 0.25) is 0 Å². The minimum absolute atomic E-state index is 0.0599. The summed E-state index contributed by atoms with van der Waals surface area (Å²) in [7, 11) is 0. The van der Waals surface area contributed by atoms with Crippen molar-refractivity contribution in [2.24, 2.45) is 10.9 Å². The van der Waals surface area contributed by atoms with Crippen LogP contribution in [0.15, 0.2) is 52.2 Å². The van der Waals surface area contributed by atoms with Crippen LogP contribution in [0.4, 0.5) is 5.69 Å². The molecule has 0 radical (unpaired) electrons. The number of benzene rings is 1. The fourth-order valence-electron chi connectivity index (χ4n) is 1.49. The zero-order valence-corrected chi connectivity index (χ0v) is 11.8. The number of hydrogen-bond donors (Lipinski definition) is 3. The Labute approximate surface area is 123 Å². The quantitative estimate of drug-likeness (QED) is 0.346. The Morgan fingerprint density at radius 3 is 2.65 bits per heavy atom. The van der Waals surface area contributed by atoms with Gasteiger partial charge in [-0.25, -0.2) is 0 Å². The number of para-hydroxylation sites is 1. The van der Waals surface area contributed by atoms with Crippen molar-refractivity contribution in [1.29, 1.82) is 0 Å². The molecule has 0 aliphatic carbocycles. The molecule has 0 bridgehead atoms. The van der Waals surface area contributed by atoms with E-state index in [-0.39, 0.29) is 17.4 Å². The van der Waals surface area contributed by atoms with Gasteiger partial charge in [0.05, 0.1) is 5.69 Å². The molecule has 4 N–H and O–H groups in total. The number of carbonyl (C=O) groups excluding carboxylic acids is 1. The number of pyridine rings is 1. The third-order valence-electron chi connectivity index (χ3n) is 2.52. The van der Waals surface area contributed by atoms with Crippen molar-refractivity contribution in [3.05, 3.63) is 58.3 Å². The van der Waals surface area contributed by atoms with Crippen molar-refractivity contribution in [2.45, 2.75) is 0 Å². The van der Waals surface area contributed by atoms with Crippen LogP contribution in [-0.4, -0.2) is 21.9 Å². The highest BCUT2D eigenvalue weighted by atomic mass is 79.9. The predicted molar refractivity (Wildman–Crippen MR) is 78.8 cm³/mol. The third kappa shape index (κ3) is 3.12. The van der Waals surface area contributed by atoms with Gasteiger partial charge in [-0.2, -0.15) is 0 Å². The smallest absolute Gasteiger partial charge is 0.274 e. The molecule has 2 rings (SSSR count). The Hall–Kier alpha value is -2.41. The van der Waals surface area contributed by atoms with Gasteiger partial charge in [-0.05, 0) is 40.2 Å². The number of nitrogens with zero attached hydrogens (tertiary/aromatic N) is 2. The largest absolute Gasteiger partial charge is 0.409 e. The van der Waals surface area contributed by atoms with E-state index in [0.717, 1.165) is 4.47 Å². The second-order valence-electron chi connectivity index (χ2n) is 3.85. The minimum Gasteiger partial charge on any atom is -0.409 e. The van der Waals surface area contributed by atoms with Gasteiger partial charge in [0.1, 0.15) is 5.69 Å². The molecular formula is C13H11BrN4O2. The van der Waals surface area contributed by atoms with Crippen molar-refractivity contribution in [3.63, 3.8) is 0 Å². The Kier molecular flexibility index (Phi) is 4.31. The summed E-state index contributed by atoms with van der Waals surface area (Å²) >= 11 is 3.34. The Morgan fingerprint density at radius 2 is 2.05 bits per heavy atom. The first kappa shape index (κ1) is 14.0. The summed E-state index contributed by atoms with van der Waals surface area (Å²) in [4.78, 5) is 16.0. The van der Waals surface area contributed by atoms with Gasteiger partial charge in [-0.3, -0.25) is 9.78 Å². The highest BCUT2D eigenvalue weighted by molar-refractivity contribution is 9.10. The number of anilines is 1. The molecule has 6 nitrogen and oxygen atoms in total. The molecule has 0 atom stereocenters. The van der Waals surface area contributed by atoms with Gasteiger partial charge in [0.15, 0.2) is 5.84 Å². The van der Waals surface area contributed by atoms with E-state index in [4.69, 9.17) is 10.9 Å². The number of halogens is 1. The summed E-state index contributed by atoms with van der Waals surface area (Å²) in [6.07, 6.45) is 1.37. The fourth-order valence-corrected chi connectivity index (χ4v) is 1.87. The van der Waals surface area contributed by atoms with Crippen LogP contribution in [0, 0.1) is 0 Å². The number of amides is 1. The monoisotopic (exact) mass is 334 g/mol. The lowest BCUT2D eigenvalue weighted by Crippen LogP contribution is -2.16. The van der Waals surface area contributed by atoms with Gasteiger partial charge in [0.2, 0.25) is 0 Å². The molecule has 0 saturated heterocycles. The molecule has 0 fully saturated rings. The van der Waals surface area contributed by atoms with Crippen LogP contribution in [-0.2, 0) is 0 Å². The molecule has 1 heterocycles. The van der Waals surface area contributed by atoms with Crippen LogP contribution in [0.3, 0.4) is 0 Å². The molecule has 0 spiro atoms. The molecule has 1 amide bonds. The SMILES string of the molecule is NC(=NO)c1ccc(C(=O)Nc2ccccc2Br)nc1. The van der Waals surface area contributed by atoms with Crippen LogP contribution >= 0.6 is 15.9 Å². The van der Waals surface area contributed by atoms with Crippen LogP contribution in [0.25, 0.3) is 0 Å². The normalized spacial score (nSPS) is 11.2. The van der Waals surface area contributed by atoms with E-state index < -0.39 is 0 Å². The van der Waals surface area contributed by atoms with Crippen molar-refractivity contribution < 1.29 is 10.0 Å². The topological polar surface area (TPSA) is 101 Å². The average molecular weight is 335 g/mol. The van der Waals surface area contributed by atoms with Gasteiger partial charge in [-0.15, -0.1) is 0 Å². The number of amidine groups is 1. The number of oxime groups is 1. The molecule has 0 unspecified atom stereocenters. The Balaban J connectivity index is 2.16. The van der Waals surface area contributed by atoms with Crippen LogP contribution in [0.1, 0.15) is 16.1 Å². The van der Waals surface area contributed by atoms with E-state index in [0.29, 0.717) is 11.3 Å². The second kappa shape index (κ2) is 6.16. The summed E-state index contributed by atoms with van der Waals surface area (Å²) < 4.78 is 0.779. The van der Waals surface area contributed by atoms with Gasteiger partial charge in [-0.1, -0.05) is 17.3 Å². The first-order chi connectivity index (χ1) is 9.61. The summed E-state index contributed by atoms with van der Waals surface area (Å²) in [5.41, 5.74) is 6.74. The first-order valence-electron chi connectivity index (χ1n) is 5.61. The lowest BCUT2D eigenvalue weighted by Gasteiger charge is -2.07. The molecule has 0 aliphatic rings. The number of nitrogens with two attached hydrogens (primary N) is 1. The summed E-state index contributed by atoms with van der Waals surface area (Å²) in [5, 5.41) is 14.1. The molecule has 7 heteroatoms. The van der Waals surface area contributed by atoms with Crippen molar-refractivity contribution in [2.75, 3.05) is 5.32 Å². The highest BCUT2D eigenvalue weighted by Gasteiger charge is 2.10. The molecule has 0 aliphatic heterocycles. The van der Waals surface area contributed by atoms with E-state index in [9.17, 15) is 4.79 Å². The molecular weight excluding hydrogens is 324 g/mol. The van der Waals surface area contributed by atoms with Gasteiger partial charge >= 0.3 is 0 Å². The van der Waals surface area contributed by atoms with Gasteiger partial charge in [0.25, 0.3) is 5.91 Å². The Bertz CT molecular complexity index is 656. The lowest BCUT2D eigenvalue weighted by atomic mass is 10.2. The predicted octanol–water partition coefficient (Wildman–Crippen LogP) is 2.19. The maximum atomic E-state index is 12.0. The summed E-state index contributed by atoms with van der Waals surface area (Å²) in [6, 6.07) is 10.3. The van der Waals surface area contributed by atoms with E-state index >= 15 is 0 Å². The van der Waals surface area contributed by atoms with Crippen LogP contribution < -0.4 is 11.1 Å². The molecule has 102 valence electrons. The number of nitrogens with one attached hydrogen (secondary N) is 1. The lowest BCUT2D eigenvalue weighted by molar-refractivity contribution is 0.102. The minimum atomic E-state index is -0.344. The van der Waals surface area contributed by atoms with Gasteiger partial charge < -0.3 is 16.3 Å². The molecule has 1 aromatic heterocycles. The first-order valence-corrected chi connectivity index (χ1v) is 6.41. The molecule has 0 saturated carbocycles. The van der Waals surface area contributed by atoms with E-state index in [1.807, 2.05) is 18.2 Å². The summed E-state index contributed by atoms with van der Waals surface area (Å²) in [6.45, 7) is 0. The van der Waals surface area contributed by atoms with Crippen LogP contribution in [0.5, 0.6) is 0 Å². The zero-order chi connectivity index (χ0) is 14.5. The fraction of sp³-hybridized carbons (Fsp3) is 0. The zero-order valence-electron chi connectivity index (χ0n) is 10.2. The van der Waals surface area contributed by atoms with Crippen molar-refractivity contribution >= 4 is 33.4 Å². The summed E-state index contributed by atoms with van der Waals surface area (Å²) in [5.74, 6) is -0.404. The number of aromatic nitrogens is 1. The number of carbonyl (C=O) groups is 1. The standard InChI is InChI=1S/C13H11BrN4O2/c14-9-3-1-2-4-10(9)17-13(19)11-6-5-8(7-16-11)12(15)18-20/h1-7,20H,(H2,15,18)(H,17,19). The Morgan fingerprint density at radius 1 is 1.30 bits per heavy atom. The number of rotatable bonds is 3. The maximum absolute atomic E-state index is 12.0. The van der Waals surface area contributed by atoms with E-state index in [1.54, 1.807) is 12.1 Å².